The SMILES string of the molecule is COc1cnc(C)cc1-c1cc(C)ncc1C(=O)Nc1nc2ncc(-c3ccc(SC)cn3)nc2s1. The Morgan fingerprint density at radius 3 is 2.42 bits per heavy atom. The largest absolute Gasteiger partial charge is 0.494 e. The molecule has 0 aliphatic rings. The fraction of sp³-hybridized carbons (Fsp3) is 0.160. The van der Waals surface area contributed by atoms with E-state index in [1.54, 1.807) is 43.7 Å². The number of rotatable bonds is 6. The van der Waals surface area contributed by atoms with Crippen molar-refractivity contribution in [3.05, 3.63) is 66.0 Å². The zero-order chi connectivity index (χ0) is 25.2. The van der Waals surface area contributed by atoms with Crippen molar-refractivity contribution in [3.63, 3.8) is 0 Å². The summed E-state index contributed by atoms with van der Waals surface area (Å²) in [7, 11) is 1.58. The number of amides is 1. The number of thiazole rings is 1. The standard InChI is InChI=1S/C25H21N7O2S2/c1-13-7-16(17-8-14(2)27-12-21(17)34-3)18(10-26-13)23(33)32-25-31-22-24(36-25)30-20(11-29-22)19-6-5-15(35-4)9-28-19/h5-12H,1-4H3,(H,29,31,32,33). The van der Waals surface area contributed by atoms with Crippen LogP contribution in [-0.2, 0) is 0 Å². The van der Waals surface area contributed by atoms with Crippen molar-refractivity contribution in [3.8, 4) is 28.3 Å². The maximum atomic E-state index is 13.3. The monoisotopic (exact) mass is 515 g/mol. The Hall–Kier alpha value is -3.96. The highest BCUT2D eigenvalue weighted by Crippen LogP contribution is 2.33. The van der Waals surface area contributed by atoms with Gasteiger partial charge in [-0.05, 0) is 44.4 Å². The number of carbonyl (C=O) groups is 1. The first kappa shape index (κ1) is 23.8. The molecule has 5 heterocycles. The molecule has 0 fully saturated rings. The Labute approximate surface area is 215 Å². The van der Waals surface area contributed by atoms with Crippen LogP contribution in [0.4, 0.5) is 5.13 Å². The number of methoxy groups -OCH3 is 1. The maximum absolute atomic E-state index is 13.3. The summed E-state index contributed by atoms with van der Waals surface area (Å²) in [4.78, 5) is 41.6. The smallest absolute Gasteiger partial charge is 0.259 e. The first-order valence-electron chi connectivity index (χ1n) is 10.9. The number of nitrogens with one attached hydrogen (secondary N) is 1. The minimum Gasteiger partial charge on any atom is -0.494 e. The van der Waals surface area contributed by atoms with Crippen LogP contribution in [0, 0.1) is 13.8 Å². The third-order valence-corrected chi connectivity index (χ3v) is 6.94. The van der Waals surface area contributed by atoms with Crippen LogP contribution in [0.3, 0.4) is 0 Å². The van der Waals surface area contributed by atoms with E-state index in [0.29, 0.717) is 38.2 Å². The zero-order valence-electron chi connectivity index (χ0n) is 19.9. The molecule has 180 valence electrons. The first-order valence-corrected chi connectivity index (χ1v) is 12.9. The minimum atomic E-state index is -0.345. The molecule has 11 heteroatoms. The molecule has 0 aromatic carbocycles. The molecule has 0 saturated heterocycles. The van der Waals surface area contributed by atoms with Crippen LogP contribution in [0.25, 0.3) is 33.0 Å². The normalized spacial score (nSPS) is 11.0. The quantitative estimate of drug-likeness (QED) is 0.304. The van der Waals surface area contributed by atoms with E-state index in [0.717, 1.165) is 27.5 Å². The lowest BCUT2D eigenvalue weighted by Gasteiger charge is -2.13. The van der Waals surface area contributed by atoms with Crippen LogP contribution in [0.5, 0.6) is 5.75 Å². The maximum Gasteiger partial charge on any atom is 0.259 e. The van der Waals surface area contributed by atoms with Gasteiger partial charge >= 0.3 is 0 Å². The summed E-state index contributed by atoms with van der Waals surface area (Å²) in [5.74, 6) is 0.225. The van der Waals surface area contributed by atoms with Gasteiger partial charge in [0.2, 0.25) is 0 Å². The average Bonchev–Trinajstić information content (AvgIpc) is 3.30. The van der Waals surface area contributed by atoms with Crippen molar-refractivity contribution >= 4 is 44.6 Å². The van der Waals surface area contributed by atoms with Crippen LogP contribution < -0.4 is 10.1 Å². The molecule has 1 N–H and O–H groups in total. The highest BCUT2D eigenvalue weighted by molar-refractivity contribution is 7.98. The predicted octanol–water partition coefficient (Wildman–Crippen LogP) is 5.20. The van der Waals surface area contributed by atoms with E-state index in [1.807, 2.05) is 44.4 Å². The second-order valence-electron chi connectivity index (χ2n) is 7.84. The van der Waals surface area contributed by atoms with Crippen molar-refractivity contribution < 1.29 is 9.53 Å². The van der Waals surface area contributed by atoms with E-state index >= 15 is 0 Å². The number of ether oxygens (including phenoxy) is 1. The summed E-state index contributed by atoms with van der Waals surface area (Å²) < 4.78 is 5.50. The van der Waals surface area contributed by atoms with Gasteiger partial charge in [-0.3, -0.25) is 25.1 Å². The van der Waals surface area contributed by atoms with Crippen LogP contribution in [0.2, 0.25) is 0 Å². The van der Waals surface area contributed by atoms with Gasteiger partial charge in [0.25, 0.3) is 5.91 Å². The number of hydrogen-bond donors (Lipinski definition) is 1. The Morgan fingerprint density at radius 2 is 1.69 bits per heavy atom. The van der Waals surface area contributed by atoms with E-state index in [1.165, 1.54) is 11.3 Å². The van der Waals surface area contributed by atoms with Crippen molar-refractivity contribution in [2.24, 2.45) is 0 Å². The van der Waals surface area contributed by atoms with Gasteiger partial charge in [-0.2, -0.15) is 4.98 Å². The average molecular weight is 516 g/mol. The molecule has 5 aromatic rings. The van der Waals surface area contributed by atoms with Gasteiger partial charge in [0, 0.05) is 39.8 Å². The summed E-state index contributed by atoms with van der Waals surface area (Å²) in [5.41, 5.74) is 5.25. The second-order valence-corrected chi connectivity index (χ2v) is 9.69. The van der Waals surface area contributed by atoms with Crippen LogP contribution >= 0.6 is 23.1 Å². The topological polar surface area (TPSA) is 116 Å². The number of aryl methyl sites for hydroxylation is 2. The molecule has 0 saturated carbocycles. The summed E-state index contributed by atoms with van der Waals surface area (Å²) in [6.45, 7) is 3.76. The molecule has 0 radical (unpaired) electrons. The van der Waals surface area contributed by atoms with Crippen LogP contribution in [-0.4, -0.2) is 49.2 Å². The van der Waals surface area contributed by atoms with E-state index in [4.69, 9.17) is 4.74 Å². The number of pyridine rings is 3. The lowest BCUT2D eigenvalue weighted by molar-refractivity contribution is 0.102. The van der Waals surface area contributed by atoms with Gasteiger partial charge in [0.1, 0.15) is 11.4 Å². The first-order chi connectivity index (χ1) is 17.4. The van der Waals surface area contributed by atoms with Crippen molar-refractivity contribution in [1.29, 1.82) is 0 Å². The van der Waals surface area contributed by atoms with E-state index in [-0.39, 0.29) is 5.91 Å². The molecule has 0 unspecified atom stereocenters. The fourth-order valence-corrected chi connectivity index (χ4v) is 4.75. The molecule has 0 bridgehead atoms. The molecule has 0 aliphatic carbocycles. The molecule has 5 rings (SSSR count). The van der Waals surface area contributed by atoms with E-state index in [2.05, 4.69) is 35.2 Å². The van der Waals surface area contributed by atoms with Gasteiger partial charge < -0.3 is 4.74 Å². The van der Waals surface area contributed by atoms with Crippen molar-refractivity contribution in [2.45, 2.75) is 18.7 Å². The lowest BCUT2D eigenvalue weighted by atomic mass is 9.99. The number of thioether (sulfide) groups is 1. The number of anilines is 1. The molecule has 36 heavy (non-hydrogen) atoms. The van der Waals surface area contributed by atoms with Gasteiger partial charge in [0.15, 0.2) is 15.6 Å². The summed E-state index contributed by atoms with van der Waals surface area (Å²) >= 11 is 2.87. The predicted molar refractivity (Wildman–Crippen MR) is 142 cm³/mol. The zero-order valence-corrected chi connectivity index (χ0v) is 21.6. The second kappa shape index (κ2) is 9.96. The molecular formula is C25H21N7O2S2. The highest BCUT2D eigenvalue weighted by atomic mass is 32.2. The molecule has 0 spiro atoms. The number of fused-ring (bicyclic) bond motifs is 1. The lowest BCUT2D eigenvalue weighted by Crippen LogP contribution is -2.14. The molecule has 0 aliphatic heterocycles. The Morgan fingerprint density at radius 1 is 0.917 bits per heavy atom. The van der Waals surface area contributed by atoms with Crippen molar-refractivity contribution in [1.82, 2.24) is 29.9 Å². The Balaban J connectivity index is 1.46. The Bertz CT molecular complexity index is 1590. The Kier molecular flexibility index (Phi) is 6.57. The molecule has 9 nitrogen and oxygen atoms in total. The summed E-state index contributed by atoms with van der Waals surface area (Å²) in [5, 5.41) is 3.27. The molecular weight excluding hydrogens is 494 g/mol. The van der Waals surface area contributed by atoms with Gasteiger partial charge in [0.05, 0.1) is 30.8 Å². The highest BCUT2D eigenvalue weighted by Gasteiger charge is 2.19. The number of nitrogens with zero attached hydrogens (tertiary/aromatic N) is 6. The molecule has 5 aromatic heterocycles. The van der Waals surface area contributed by atoms with Gasteiger partial charge in [-0.25, -0.2) is 9.97 Å². The summed E-state index contributed by atoms with van der Waals surface area (Å²) in [6.07, 6.45) is 8.64. The third kappa shape index (κ3) is 4.75. The van der Waals surface area contributed by atoms with Gasteiger partial charge in [-0.15, -0.1) is 11.8 Å². The molecule has 0 atom stereocenters. The number of aromatic nitrogens is 6. The van der Waals surface area contributed by atoms with Crippen LogP contribution in [0.1, 0.15) is 21.7 Å². The van der Waals surface area contributed by atoms with Crippen LogP contribution in [0.15, 0.2) is 53.9 Å². The van der Waals surface area contributed by atoms with E-state index in [9.17, 15) is 4.79 Å². The van der Waals surface area contributed by atoms with Gasteiger partial charge in [-0.1, -0.05) is 11.3 Å². The molecule has 1 amide bonds. The number of hydrogen-bond acceptors (Lipinski definition) is 10. The fourth-order valence-electron chi connectivity index (χ4n) is 3.60. The summed E-state index contributed by atoms with van der Waals surface area (Å²) in [6, 6.07) is 7.64. The number of carbonyl (C=O) groups excluding carboxylic acids is 1. The third-order valence-electron chi connectivity index (χ3n) is 5.38. The van der Waals surface area contributed by atoms with Crippen molar-refractivity contribution in [2.75, 3.05) is 18.7 Å². The minimum absolute atomic E-state index is 0.345. The van der Waals surface area contributed by atoms with E-state index < -0.39 is 0 Å².